The SMILES string of the molecule is CCc1ccccc1-c1nnc(CCCNC2CC2)s1. The quantitative estimate of drug-likeness (QED) is 0.793. The van der Waals surface area contributed by atoms with Crippen LogP contribution in [0.3, 0.4) is 0 Å². The van der Waals surface area contributed by atoms with Crippen molar-refractivity contribution < 1.29 is 0 Å². The molecular formula is C16H21N3S. The molecule has 1 aromatic heterocycles. The lowest BCUT2D eigenvalue weighted by molar-refractivity contribution is 0.643. The second-order valence-corrected chi connectivity index (χ2v) is 6.41. The molecule has 0 bridgehead atoms. The zero-order valence-corrected chi connectivity index (χ0v) is 12.7. The number of hydrogen-bond acceptors (Lipinski definition) is 4. The average molecular weight is 287 g/mol. The molecule has 2 aromatic rings. The van der Waals surface area contributed by atoms with Gasteiger partial charge in [0.2, 0.25) is 0 Å². The van der Waals surface area contributed by atoms with Crippen molar-refractivity contribution in [3.05, 3.63) is 34.8 Å². The minimum absolute atomic E-state index is 0.802. The van der Waals surface area contributed by atoms with Crippen LogP contribution < -0.4 is 5.32 Å². The Kier molecular flexibility index (Phi) is 4.43. The first-order valence-electron chi connectivity index (χ1n) is 7.51. The summed E-state index contributed by atoms with van der Waals surface area (Å²) >= 11 is 1.74. The van der Waals surface area contributed by atoms with E-state index >= 15 is 0 Å². The van der Waals surface area contributed by atoms with Gasteiger partial charge in [-0.1, -0.05) is 42.5 Å². The molecule has 0 unspecified atom stereocenters. The molecule has 3 nitrogen and oxygen atoms in total. The van der Waals surface area contributed by atoms with Gasteiger partial charge in [0.05, 0.1) is 0 Å². The summed E-state index contributed by atoms with van der Waals surface area (Å²) in [6.07, 6.45) is 5.94. The molecule has 1 aliphatic rings. The highest BCUT2D eigenvalue weighted by atomic mass is 32.1. The van der Waals surface area contributed by atoms with E-state index in [0.29, 0.717) is 0 Å². The summed E-state index contributed by atoms with van der Waals surface area (Å²) in [6.45, 7) is 3.29. The molecule has 1 saturated carbocycles. The highest BCUT2D eigenvalue weighted by Crippen LogP contribution is 2.27. The molecule has 0 amide bonds. The number of nitrogens with zero attached hydrogens (tertiary/aromatic N) is 2. The van der Waals surface area contributed by atoms with Crippen LogP contribution in [0.15, 0.2) is 24.3 Å². The normalized spacial score (nSPS) is 14.7. The van der Waals surface area contributed by atoms with Crippen molar-refractivity contribution in [3.8, 4) is 10.6 Å². The third-order valence-electron chi connectivity index (χ3n) is 3.67. The van der Waals surface area contributed by atoms with E-state index in [1.165, 1.54) is 24.0 Å². The largest absolute Gasteiger partial charge is 0.314 e. The molecule has 4 heteroatoms. The molecule has 0 spiro atoms. The molecule has 0 atom stereocenters. The van der Waals surface area contributed by atoms with E-state index in [1.807, 2.05) is 0 Å². The van der Waals surface area contributed by atoms with Gasteiger partial charge in [-0.3, -0.25) is 0 Å². The van der Waals surface area contributed by atoms with Crippen LogP contribution in [0.1, 0.15) is 36.8 Å². The summed E-state index contributed by atoms with van der Waals surface area (Å²) in [5.74, 6) is 0. The molecular weight excluding hydrogens is 266 g/mol. The van der Waals surface area contributed by atoms with Crippen LogP contribution in [-0.4, -0.2) is 22.8 Å². The number of rotatable bonds is 7. The Morgan fingerprint density at radius 3 is 2.90 bits per heavy atom. The summed E-state index contributed by atoms with van der Waals surface area (Å²) in [4.78, 5) is 0. The van der Waals surface area contributed by atoms with Gasteiger partial charge in [0, 0.05) is 18.0 Å². The smallest absolute Gasteiger partial charge is 0.148 e. The Bertz CT molecular complexity index is 560. The van der Waals surface area contributed by atoms with E-state index in [9.17, 15) is 0 Å². The van der Waals surface area contributed by atoms with Gasteiger partial charge in [-0.2, -0.15) is 0 Å². The Morgan fingerprint density at radius 1 is 1.25 bits per heavy atom. The molecule has 20 heavy (non-hydrogen) atoms. The van der Waals surface area contributed by atoms with E-state index in [4.69, 9.17) is 0 Å². The number of hydrogen-bond donors (Lipinski definition) is 1. The first-order chi connectivity index (χ1) is 9.86. The maximum absolute atomic E-state index is 4.37. The molecule has 0 radical (unpaired) electrons. The zero-order valence-electron chi connectivity index (χ0n) is 11.9. The fourth-order valence-corrected chi connectivity index (χ4v) is 3.28. The highest BCUT2D eigenvalue weighted by Gasteiger charge is 2.19. The van der Waals surface area contributed by atoms with Crippen LogP contribution in [-0.2, 0) is 12.8 Å². The van der Waals surface area contributed by atoms with Gasteiger partial charge in [-0.15, -0.1) is 10.2 Å². The highest BCUT2D eigenvalue weighted by molar-refractivity contribution is 7.14. The van der Waals surface area contributed by atoms with Crippen molar-refractivity contribution >= 4 is 11.3 Å². The third-order valence-corrected chi connectivity index (χ3v) is 4.69. The van der Waals surface area contributed by atoms with Gasteiger partial charge >= 0.3 is 0 Å². The van der Waals surface area contributed by atoms with Crippen LogP contribution in [0.25, 0.3) is 10.6 Å². The van der Waals surface area contributed by atoms with Crippen LogP contribution in [0, 0.1) is 0 Å². The molecule has 3 rings (SSSR count). The molecule has 1 aromatic carbocycles. The van der Waals surface area contributed by atoms with Crippen molar-refractivity contribution in [1.82, 2.24) is 15.5 Å². The predicted octanol–water partition coefficient (Wildman–Crippen LogP) is 3.45. The van der Waals surface area contributed by atoms with Gasteiger partial charge in [-0.25, -0.2) is 0 Å². The fourth-order valence-electron chi connectivity index (χ4n) is 2.33. The molecule has 0 aliphatic heterocycles. The average Bonchev–Trinajstić information content (AvgIpc) is 3.20. The van der Waals surface area contributed by atoms with E-state index in [-0.39, 0.29) is 0 Å². The molecule has 1 N–H and O–H groups in total. The Morgan fingerprint density at radius 2 is 2.10 bits per heavy atom. The van der Waals surface area contributed by atoms with E-state index in [0.717, 1.165) is 41.9 Å². The van der Waals surface area contributed by atoms with Crippen LogP contribution in [0.5, 0.6) is 0 Å². The minimum atomic E-state index is 0.802. The standard InChI is InChI=1S/C16H21N3S/c1-2-12-6-3-4-7-14(12)16-19-18-15(20-16)8-5-11-17-13-9-10-13/h3-4,6-7,13,17H,2,5,8-11H2,1H3. The summed E-state index contributed by atoms with van der Waals surface area (Å²) in [7, 11) is 0. The second-order valence-electron chi connectivity index (χ2n) is 5.34. The Hall–Kier alpha value is -1.26. The van der Waals surface area contributed by atoms with Crippen LogP contribution in [0.2, 0.25) is 0 Å². The van der Waals surface area contributed by atoms with Gasteiger partial charge in [0.1, 0.15) is 10.0 Å². The van der Waals surface area contributed by atoms with Crippen molar-refractivity contribution in [3.63, 3.8) is 0 Å². The maximum atomic E-state index is 4.37. The lowest BCUT2D eigenvalue weighted by Crippen LogP contribution is -2.17. The topological polar surface area (TPSA) is 37.8 Å². The lowest BCUT2D eigenvalue weighted by atomic mass is 10.1. The van der Waals surface area contributed by atoms with Crippen molar-refractivity contribution in [2.24, 2.45) is 0 Å². The fraction of sp³-hybridized carbons (Fsp3) is 0.500. The third kappa shape index (κ3) is 3.44. The summed E-state index contributed by atoms with van der Waals surface area (Å²) in [5.41, 5.74) is 2.60. The first-order valence-corrected chi connectivity index (χ1v) is 8.32. The van der Waals surface area contributed by atoms with Gasteiger partial charge in [-0.05, 0) is 37.8 Å². The van der Waals surface area contributed by atoms with Crippen molar-refractivity contribution in [2.75, 3.05) is 6.54 Å². The Balaban J connectivity index is 1.60. The summed E-state index contributed by atoms with van der Waals surface area (Å²) in [6, 6.07) is 9.30. The molecule has 1 fully saturated rings. The molecule has 1 heterocycles. The number of aryl methyl sites for hydroxylation is 2. The van der Waals surface area contributed by atoms with Gasteiger partial charge < -0.3 is 5.32 Å². The van der Waals surface area contributed by atoms with Gasteiger partial charge in [0.25, 0.3) is 0 Å². The van der Waals surface area contributed by atoms with E-state index in [1.54, 1.807) is 11.3 Å². The maximum Gasteiger partial charge on any atom is 0.148 e. The van der Waals surface area contributed by atoms with Crippen LogP contribution in [0.4, 0.5) is 0 Å². The lowest BCUT2D eigenvalue weighted by Gasteiger charge is -2.02. The monoisotopic (exact) mass is 287 g/mol. The van der Waals surface area contributed by atoms with Crippen molar-refractivity contribution in [1.29, 1.82) is 0 Å². The van der Waals surface area contributed by atoms with Crippen molar-refractivity contribution in [2.45, 2.75) is 45.1 Å². The van der Waals surface area contributed by atoms with Gasteiger partial charge in [0.15, 0.2) is 0 Å². The minimum Gasteiger partial charge on any atom is -0.314 e. The van der Waals surface area contributed by atoms with Crippen LogP contribution >= 0.6 is 11.3 Å². The summed E-state index contributed by atoms with van der Waals surface area (Å²) < 4.78 is 0. The molecule has 1 aliphatic carbocycles. The number of aromatic nitrogens is 2. The van der Waals surface area contributed by atoms with E-state index < -0.39 is 0 Å². The predicted molar refractivity (Wildman–Crippen MR) is 84.1 cm³/mol. The summed E-state index contributed by atoms with van der Waals surface area (Å²) in [5, 5.41) is 14.5. The zero-order chi connectivity index (χ0) is 13.8. The number of nitrogens with one attached hydrogen (secondary N) is 1. The van der Waals surface area contributed by atoms with E-state index in [2.05, 4.69) is 46.7 Å². The molecule has 106 valence electrons. The molecule has 0 saturated heterocycles. The first kappa shape index (κ1) is 13.7. The number of benzene rings is 1. The second kappa shape index (κ2) is 6.46. The Labute approximate surface area is 124 Å².